The third kappa shape index (κ3) is 2.50. The summed E-state index contributed by atoms with van der Waals surface area (Å²) in [7, 11) is 0. The van der Waals surface area contributed by atoms with E-state index in [9.17, 15) is 4.79 Å². The Bertz CT molecular complexity index is 624. The van der Waals surface area contributed by atoms with E-state index in [0.29, 0.717) is 29.5 Å². The molecule has 1 aromatic heterocycles. The zero-order chi connectivity index (χ0) is 14.7. The summed E-state index contributed by atoms with van der Waals surface area (Å²) in [5, 5.41) is 4.40. The van der Waals surface area contributed by atoms with Crippen LogP contribution < -0.4 is 5.73 Å². The molecule has 0 spiro atoms. The molecule has 4 heteroatoms. The van der Waals surface area contributed by atoms with Gasteiger partial charge < -0.3 is 5.73 Å². The van der Waals surface area contributed by atoms with Crippen molar-refractivity contribution in [1.29, 1.82) is 0 Å². The average Bonchev–Trinajstić information content (AvgIpc) is 2.76. The van der Waals surface area contributed by atoms with E-state index in [1.165, 1.54) is 5.56 Å². The van der Waals surface area contributed by atoms with E-state index in [4.69, 9.17) is 5.73 Å². The smallest absolute Gasteiger partial charge is 0.156 e. The van der Waals surface area contributed by atoms with E-state index in [1.807, 2.05) is 12.1 Å². The van der Waals surface area contributed by atoms with Gasteiger partial charge in [0.1, 0.15) is 11.5 Å². The Morgan fingerprint density at radius 1 is 1.35 bits per heavy atom. The normalized spacial score (nSPS) is 10.8. The molecule has 2 N–H and O–H groups in total. The van der Waals surface area contributed by atoms with E-state index in [-0.39, 0.29) is 0 Å². The minimum Gasteiger partial charge on any atom is -0.383 e. The molecule has 2 aromatic rings. The Hall–Kier alpha value is -2.36. The molecule has 0 saturated heterocycles. The molecule has 0 radical (unpaired) electrons. The van der Waals surface area contributed by atoms with E-state index < -0.39 is 0 Å². The van der Waals surface area contributed by atoms with Gasteiger partial charge in [-0.25, -0.2) is 4.68 Å². The van der Waals surface area contributed by atoms with Crippen molar-refractivity contribution >= 4 is 12.1 Å². The molecule has 0 aliphatic rings. The SMILES string of the molecule is C=CCn1nc(-c2ccc(C(C)C)cc2)c(C=O)c1N. The highest BCUT2D eigenvalue weighted by atomic mass is 16.1. The summed E-state index contributed by atoms with van der Waals surface area (Å²) >= 11 is 0. The second-order valence-electron chi connectivity index (χ2n) is 5.01. The van der Waals surface area contributed by atoms with Crippen LogP contribution in [0, 0.1) is 0 Å². The quantitative estimate of drug-likeness (QED) is 0.669. The summed E-state index contributed by atoms with van der Waals surface area (Å²) in [5.41, 5.74) is 9.14. The molecular weight excluding hydrogens is 250 g/mol. The van der Waals surface area contributed by atoms with E-state index in [1.54, 1.807) is 10.8 Å². The van der Waals surface area contributed by atoms with Gasteiger partial charge in [-0.2, -0.15) is 5.10 Å². The molecule has 0 aliphatic carbocycles. The topological polar surface area (TPSA) is 60.9 Å². The molecule has 0 fully saturated rings. The Labute approximate surface area is 118 Å². The molecule has 0 saturated carbocycles. The summed E-state index contributed by atoms with van der Waals surface area (Å²) < 4.78 is 1.59. The van der Waals surface area contributed by atoms with Gasteiger partial charge >= 0.3 is 0 Å². The zero-order valence-electron chi connectivity index (χ0n) is 11.8. The molecule has 0 unspecified atom stereocenters. The lowest BCUT2D eigenvalue weighted by Gasteiger charge is -2.05. The van der Waals surface area contributed by atoms with Gasteiger partial charge in [-0.15, -0.1) is 6.58 Å². The minimum absolute atomic E-state index is 0.378. The first-order valence-electron chi connectivity index (χ1n) is 6.61. The fraction of sp³-hybridized carbons (Fsp3) is 0.250. The highest BCUT2D eigenvalue weighted by Crippen LogP contribution is 2.27. The number of nitrogens with two attached hydrogens (primary N) is 1. The van der Waals surface area contributed by atoms with Gasteiger partial charge in [0.15, 0.2) is 6.29 Å². The molecule has 0 amide bonds. The lowest BCUT2D eigenvalue weighted by molar-refractivity contribution is 0.112. The second-order valence-corrected chi connectivity index (χ2v) is 5.01. The van der Waals surface area contributed by atoms with Crippen LogP contribution >= 0.6 is 0 Å². The number of nitrogen functional groups attached to an aromatic ring is 1. The van der Waals surface area contributed by atoms with Crippen molar-refractivity contribution in [3.8, 4) is 11.3 Å². The van der Waals surface area contributed by atoms with Gasteiger partial charge in [-0.3, -0.25) is 4.79 Å². The van der Waals surface area contributed by atoms with Gasteiger partial charge in [0, 0.05) is 5.56 Å². The van der Waals surface area contributed by atoms with E-state index in [2.05, 4.69) is 37.7 Å². The van der Waals surface area contributed by atoms with Crippen LogP contribution in [0.2, 0.25) is 0 Å². The van der Waals surface area contributed by atoms with Gasteiger partial charge in [0.2, 0.25) is 0 Å². The predicted molar refractivity (Wildman–Crippen MR) is 81.7 cm³/mol. The maximum absolute atomic E-state index is 11.3. The molecule has 0 atom stereocenters. The Balaban J connectivity index is 2.48. The maximum atomic E-state index is 11.3. The molecular formula is C16H19N3O. The number of rotatable bonds is 5. The van der Waals surface area contributed by atoms with Gasteiger partial charge in [-0.1, -0.05) is 44.2 Å². The molecule has 20 heavy (non-hydrogen) atoms. The lowest BCUT2D eigenvalue weighted by atomic mass is 10.00. The summed E-state index contributed by atoms with van der Waals surface area (Å²) in [6, 6.07) is 8.05. The number of anilines is 1. The maximum Gasteiger partial charge on any atom is 0.156 e. The molecule has 2 rings (SSSR count). The first kappa shape index (κ1) is 14.1. The van der Waals surface area contributed by atoms with Crippen LogP contribution in [0.1, 0.15) is 35.7 Å². The molecule has 104 valence electrons. The summed E-state index contributed by atoms with van der Waals surface area (Å²) in [5.74, 6) is 0.848. The van der Waals surface area contributed by atoms with E-state index >= 15 is 0 Å². The summed E-state index contributed by atoms with van der Waals surface area (Å²) in [6.45, 7) is 8.43. The minimum atomic E-state index is 0.378. The number of benzene rings is 1. The Kier molecular flexibility index (Phi) is 4.03. The van der Waals surface area contributed by atoms with Crippen LogP contribution in [-0.2, 0) is 6.54 Å². The standard InChI is InChI=1S/C16H19N3O/c1-4-9-19-16(17)14(10-20)15(18-19)13-7-5-12(6-8-13)11(2)3/h4-8,10-11H,1,9,17H2,2-3H3. The molecule has 0 bridgehead atoms. The van der Waals surface area contributed by atoms with Crippen molar-refractivity contribution in [2.24, 2.45) is 0 Å². The van der Waals surface area contributed by atoms with Crippen LogP contribution in [0.4, 0.5) is 5.82 Å². The third-order valence-corrected chi connectivity index (χ3v) is 3.30. The number of aromatic nitrogens is 2. The summed E-state index contributed by atoms with van der Waals surface area (Å²) in [6.07, 6.45) is 2.46. The van der Waals surface area contributed by atoms with Crippen LogP contribution in [-0.4, -0.2) is 16.1 Å². The molecule has 1 heterocycles. The number of aldehydes is 1. The highest BCUT2D eigenvalue weighted by molar-refractivity contribution is 5.91. The van der Waals surface area contributed by atoms with Crippen molar-refractivity contribution < 1.29 is 4.79 Å². The number of nitrogens with zero attached hydrogens (tertiary/aromatic N) is 2. The monoisotopic (exact) mass is 269 g/mol. The van der Waals surface area contributed by atoms with Gasteiger partial charge in [0.05, 0.1) is 12.1 Å². The van der Waals surface area contributed by atoms with Crippen LogP contribution in [0.15, 0.2) is 36.9 Å². The fourth-order valence-electron chi connectivity index (χ4n) is 2.11. The van der Waals surface area contributed by atoms with Crippen molar-refractivity contribution in [2.75, 3.05) is 5.73 Å². The first-order valence-corrected chi connectivity index (χ1v) is 6.61. The van der Waals surface area contributed by atoms with Crippen molar-refractivity contribution in [3.63, 3.8) is 0 Å². The molecule has 0 aliphatic heterocycles. The number of carbonyl (C=O) groups excluding carboxylic acids is 1. The lowest BCUT2D eigenvalue weighted by Crippen LogP contribution is -2.03. The van der Waals surface area contributed by atoms with Gasteiger partial charge in [-0.05, 0) is 11.5 Å². The Morgan fingerprint density at radius 2 is 2.00 bits per heavy atom. The van der Waals surface area contributed by atoms with Gasteiger partial charge in [0.25, 0.3) is 0 Å². The van der Waals surface area contributed by atoms with Crippen molar-refractivity contribution in [2.45, 2.75) is 26.3 Å². The first-order chi connectivity index (χ1) is 9.58. The van der Waals surface area contributed by atoms with Crippen molar-refractivity contribution in [3.05, 3.63) is 48.0 Å². The number of allylic oxidation sites excluding steroid dienone is 1. The summed E-state index contributed by atoms with van der Waals surface area (Å²) in [4.78, 5) is 11.3. The largest absolute Gasteiger partial charge is 0.383 e. The molecule has 4 nitrogen and oxygen atoms in total. The zero-order valence-corrected chi connectivity index (χ0v) is 11.8. The van der Waals surface area contributed by atoms with Crippen LogP contribution in [0.3, 0.4) is 0 Å². The number of carbonyl (C=O) groups is 1. The second kappa shape index (κ2) is 5.74. The third-order valence-electron chi connectivity index (χ3n) is 3.30. The Morgan fingerprint density at radius 3 is 2.50 bits per heavy atom. The van der Waals surface area contributed by atoms with Crippen molar-refractivity contribution in [1.82, 2.24) is 9.78 Å². The highest BCUT2D eigenvalue weighted by Gasteiger charge is 2.16. The fourth-order valence-corrected chi connectivity index (χ4v) is 2.11. The average molecular weight is 269 g/mol. The number of hydrogen-bond acceptors (Lipinski definition) is 3. The number of hydrogen-bond donors (Lipinski definition) is 1. The van der Waals surface area contributed by atoms with E-state index in [0.717, 1.165) is 11.8 Å². The van der Waals surface area contributed by atoms with Crippen LogP contribution in [0.25, 0.3) is 11.3 Å². The van der Waals surface area contributed by atoms with Crippen LogP contribution in [0.5, 0.6) is 0 Å². The predicted octanol–water partition coefficient (Wildman–Crippen LogP) is 3.25. The molecule has 1 aromatic carbocycles.